The number of nitrogens with one attached hydrogen (secondary N) is 2. The fourth-order valence-electron chi connectivity index (χ4n) is 3.08. The lowest BCUT2D eigenvalue weighted by Crippen LogP contribution is -2.06. The van der Waals surface area contributed by atoms with E-state index < -0.39 is 0 Å². The predicted octanol–water partition coefficient (Wildman–Crippen LogP) is 4.75. The number of rotatable bonds is 8. The van der Waals surface area contributed by atoms with Crippen molar-refractivity contribution >= 4 is 28.1 Å². The first-order valence-corrected chi connectivity index (χ1v) is 9.68. The molecule has 2 aromatic carbocycles. The molecule has 0 amide bonds. The summed E-state index contributed by atoms with van der Waals surface area (Å²) >= 11 is 0. The van der Waals surface area contributed by atoms with Crippen LogP contribution in [0.15, 0.2) is 60.8 Å². The highest BCUT2D eigenvalue weighted by atomic mass is 19.1. The molecule has 0 unspecified atom stereocenters. The molecule has 156 valence electrons. The maximum atomic E-state index is 13.5. The second-order valence-corrected chi connectivity index (χ2v) is 6.82. The van der Waals surface area contributed by atoms with Crippen LogP contribution in [-0.2, 0) is 0 Å². The number of nitrogens with zero attached hydrogens (tertiary/aromatic N) is 2. The van der Waals surface area contributed by atoms with Gasteiger partial charge in [-0.3, -0.25) is 0 Å². The van der Waals surface area contributed by atoms with Crippen molar-refractivity contribution in [1.29, 1.82) is 5.26 Å². The van der Waals surface area contributed by atoms with E-state index in [-0.39, 0.29) is 17.3 Å². The summed E-state index contributed by atoms with van der Waals surface area (Å²) in [6.45, 7) is 0.906. The molecule has 0 radical (unpaired) electrons. The molecule has 0 spiro atoms. The Morgan fingerprint density at radius 1 is 1.00 bits per heavy atom. The van der Waals surface area contributed by atoms with Crippen LogP contribution in [0.5, 0.6) is 11.5 Å². The molecule has 2 aromatic heterocycles. The predicted molar refractivity (Wildman–Crippen MR) is 117 cm³/mol. The third-order valence-corrected chi connectivity index (χ3v) is 4.53. The van der Waals surface area contributed by atoms with Crippen molar-refractivity contribution in [2.24, 2.45) is 0 Å². The molecule has 0 aliphatic heterocycles. The van der Waals surface area contributed by atoms with Gasteiger partial charge < -0.3 is 25.5 Å². The summed E-state index contributed by atoms with van der Waals surface area (Å²) in [4.78, 5) is 6.78. The minimum Gasteiger partial charge on any atom is -0.493 e. The smallest absolute Gasteiger partial charge is 0.148 e. The van der Waals surface area contributed by atoms with Crippen molar-refractivity contribution in [3.8, 4) is 17.6 Å². The molecule has 7 nitrogen and oxygen atoms in total. The van der Waals surface area contributed by atoms with Crippen LogP contribution in [0.4, 0.5) is 21.6 Å². The molecular weight excluding hydrogens is 397 g/mol. The molecule has 4 rings (SSSR count). The minimum absolute atomic E-state index is 0.222. The van der Waals surface area contributed by atoms with E-state index in [1.807, 2.05) is 42.5 Å². The zero-order valence-electron chi connectivity index (χ0n) is 16.6. The summed E-state index contributed by atoms with van der Waals surface area (Å²) in [5.74, 6) is 1.25. The standard InChI is InChI=1S/C23H20FN5O2/c24-21-14-27-22-11-16(4-7-20(21)22)28-15-2-5-18(6-3-15)30-8-1-9-31-19-10-17(13-25)29-23(26)12-19/h2-7,10-12,14,27-28H,1,8-9H2,(H2,26,29). The van der Waals surface area contributed by atoms with Crippen LogP contribution in [0, 0.1) is 17.1 Å². The molecule has 0 atom stereocenters. The zero-order chi connectivity index (χ0) is 21.6. The van der Waals surface area contributed by atoms with Crippen LogP contribution in [0.2, 0.25) is 0 Å². The Balaban J connectivity index is 1.24. The number of anilines is 3. The van der Waals surface area contributed by atoms with Crippen LogP contribution in [-0.4, -0.2) is 23.2 Å². The van der Waals surface area contributed by atoms with Gasteiger partial charge in [0, 0.05) is 41.5 Å². The van der Waals surface area contributed by atoms with Crippen LogP contribution in [0.3, 0.4) is 0 Å². The second-order valence-electron chi connectivity index (χ2n) is 6.82. The van der Waals surface area contributed by atoms with E-state index in [2.05, 4.69) is 15.3 Å². The van der Waals surface area contributed by atoms with Crippen molar-refractivity contribution in [3.63, 3.8) is 0 Å². The lowest BCUT2D eigenvalue weighted by molar-refractivity contribution is 0.247. The van der Waals surface area contributed by atoms with Gasteiger partial charge in [0.05, 0.1) is 18.7 Å². The minimum atomic E-state index is -0.259. The number of aromatic amines is 1. The van der Waals surface area contributed by atoms with Crippen molar-refractivity contribution in [3.05, 3.63) is 72.3 Å². The first kappa shape index (κ1) is 20.0. The van der Waals surface area contributed by atoms with E-state index in [0.717, 1.165) is 22.6 Å². The summed E-state index contributed by atoms with van der Waals surface area (Å²) in [6.07, 6.45) is 2.01. The van der Waals surface area contributed by atoms with Gasteiger partial charge in [0.25, 0.3) is 0 Å². The molecule has 0 saturated carbocycles. The Morgan fingerprint density at radius 2 is 1.74 bits per heavy atom. The average Bonchev–Trinajstić information content (AvgIpc) is 3.14. The number of fused-ring (bicyclic) bond motifs is 1. The third kappa shape index (κ3) is 5.03. The highest BCUT2D eigenvalue weighted by molar-refractivity contribution is 5.84. The number of nitrogen functional groups attached to an aromatic ring is 1. The molecule has 0 aliphatic carbocycles. The second kappa shape index (κ2) is 9.05. The quantitative estimate of drug-likeness (QED) is 0.357. The van der Waals surface area contributed by atoms with Gasteiger partial charge in [-0.1, -0.05) is 0 Å². The SMILES string of the molecule is N#Cc1cc(OCCCOc2ccc(Nc3ccc4c(F)c[nH]c4c3)cc2)cc(N)n1. The van der Waals surface area contributed by atoms with E-state index in [1.54, 1.807) is 18.2 Å². The summed E-state index contributed by atoms with van der Waals surface area (Å²) in [5.41, 5.74) is 8.35. The molecule has 0 bridgehead atoms. The van der Waals surface area contributed by atoms with Crippen molar-refractivity contribution < 1.29 is 13.9 Å². The van der Waals surface area contributed by atoms with Gasteiger partial charge in [-0.25, -0.2) is 9.37 Å². The first-order chi connectivity index (χ1) is 15.1. The van der Waals surface area contributed by atoms with Crippen molar-refractivity contribution in [1.82, 2.24) is 9.97 Å². The largest absolute Gasteiger partial charge is 0.493 e. The molecule has 0 saturated heterocycles. The maximum absolute atomic E-state index is 13.5. The number of nitriles is 1. The lowest BCUT2D eigenvalue weighted by Gasteiger charge is -2.10. The first-order valence-electron chi connectivity index (χ1n) is 9.68. The summed E-state index contributed by atoms with van der Waals surface area (Å²) in [7, 11) is 0. The third-order valence-electron chi connectivity index (χ3n) is 4.53. The maximum Gasteiger partial charge on any atom is 0.148 e. The average molecular weight is 417 g/mol. The number of H-pyrrole nitrogens is 1. The summed E-state index contributed by atoms with van der Waals surface area (Å²) in [5, 5.41) is 12.8. The van der Waals surface area contributed by atoms with E-state index >= 15 is 0 Å². The fourth-order valence-corrected chi connectivity index (χ4v) is 3.08. The number of hydrogen-bond donors (Lipinski definition) is 3. The molecule has 0 aliphatic rings. The van der Waals surface area contributed by atoms with Crippen LogP contribution >= 0.6 is 0 Å². The van der Waals surface area contributed by atoms with Crippen molar-refractivity contribution in [2.75, 3.05) is 24.3 Å². The van der Waals surface area contributed by atoms with Gasteiger partial charge in [0.15, 0.2) is 0 Å². The highest BCUT2D eigenvalue weighted by Gasteiger charge is 2.04. The number of ether oxygens (including phenoxy) is 2. The zero-order valence-corrected chi connectivity index (χ0v) is 16.6. The Bertz CT molecular complexity index is 1230. The van der Waals surface area contributed by atoms with Crippen LogP contribution < -0.4 is 20.5 Å². The van der Waals surface area contributed by atoms with Gasteiger partial charge in [-0.2, -0.15) is 5.26 Å². The number of aromatic nitrogens is 2. The fraction of sp³-hybridized carbons (Fsp3) is 0.130. The van der Waals surface area contributed by atoms with E-state index in [0.29, 0.717) is 30.8 Å². The number of nitrogens with two attached hydrogens (primary N) is 1. The molecule has 2 heterocycles. The Morgan fingerprint density at radius 3 is 2.52 bits per heavy atom. The highest BCUT2D eigenvalue weighted by Crippen LogP contribution is 2.25. The number of halogens is 1. The Hall–Kier alpha value is -4.25. The molecular formula is C23H20FN5O2. The van der Waals surface area contributed by atoms with E-state index in [4.69, 9.17) is 20.5 Å². The van der Waals surface area contributed by atoms with E-state index in [1.165, 1.54) is 6.20 Å². The van der Waals surface area contributed by atoms with Gasteiger partial charge >= 0.3 is 0 Å². The number of benzene rings is 2. The van der Waals surface area contributed by atoms with Gasteiger partial charge in [-0.05, 0) is 42.5 Å². The summed E-state index contributed by atoms with van der Waals surface area (Å²) in [6, 6.07) is 18.1. The van der Waals surface area contributed by atoms with Crippen LogP contribution in [0.1, 0.15) is 12.1 Å². The van der Waals surface area contributed by atoms with Crippen LogP contribution in [0.25, 0.3) is 10.9 Å². The van der Waals surface area contributed by atoms with Crippen molar-refractivity contribution in [2.45, 2.75) is 6.42 Å². The molecule has 4 N–H and O–H groups in total. The normalized spacial score (nSPS) is 10.6. The molecule has 0 fully saturated rings. The van der Waals surface area contributed by atoms with E-state index in [9.17, 15) is 4.39 Å². The Kier molecular flexibility index (Phi) is 5.85. The monoisotopic (exact) mass is 417 g/mol. The van der Waals surface area contributed by atoms with Gasteiger partial charge in [0.1, 0.15) is 34.9 Å². The lowest BCUT2D eigenvalue weighted by atomic mass is 10.2. The topological polar surface area (TPSA) is 109 Å². The van der Waals surface area contributed by atoms with Gasteiger partial charge in [-0.15, -0.1) is 0 Å². The molecule has 4 aromatic rings. The van der Waals surface area contributed by atoms with Gasteiger partial charge in [0.2, 0.25) is 0 Å². The number of hydrogen-bond acceptors (Lipinski definition) is 6. The molecule has 31 heavy (non-hydrogen) atoms. The Labute approximate surface area is 178 Å². The number of pyridine rings is 1. The molecule has 8 heteroatoms. The summed E-state index contributed by atoms with van der Waals surface area (Å²) < 4.78 is 24.9.